The molecule has 0 aromatic carbocycles. The van der Waals surface area contributed by atoms with Crippen LogP contribution in [0.15, 0.2) is 12.3 Å². The van der Waals surface area contributed by atoms with Crippen molar-refractivity contribution in [2.45, 2.75) is 0 Å². The number of hydrogen-bond acceptors (Lipinski definition) is 5. The van der Waals surface area contributed by atoms with Crippen molar-refractivity contribution in [2.24, 2.45) is 0 Å². The minimum atomic E-state index is -0.841. The van der Waals surface area contributed by atoms with Crippen LogP contribution >= 0.6 is 11.6 Å². The van der Waals surface area contributed by atoms with Crippen LogP contribution in [-0.4, -0.2) is 23.0 Å². The molecule has 0 unspecified atom stereocenters. The van der Waals surface area contributed by atoms with Gasteiger partial charge in [-0.15, -0.1) is 0 Å². The second kappa shape index (κ2) is 4.01. The SMILES string of the molecule is COC(=O)c1cc(Cl)cnc1[N+](=O)[O-]. The van der Waals surface area contributed by atoms with E-state index >= 15 is 0 Å². The molecule has 0 amide bonds. The van der Waals surface area contributed by atoms with E-state index < -0.39 is 16.7 Å². The fraction of sp³-hybridized carbons (Fsp3) is 0.143. The molecule has 1 heterocycles. The topological polar surface area (TPSA) is 82.3 Å². The average Bonchev–Trinajstić information content (AvgIpc) is 2.16. The molecule has 0 spiro atoms. The largest absolute Gasteiger partial charge is 0.465 e. The molecule has 0 N–H and O–H groups in total. The number of ether oxygens (including phenoxy) is 1. The number of carbonyl (C=O) groups is 1. The fourth-order valence-electron chi connectivity index (χ4n) is 0.838. The zero-order valence-electron chi connectivity index (χ0n) is 7.06. The van der Waals surface area contributed by atoms with Gasteiger partial charge in [0.15, 0.2) is 11.8 Å². The number of methoxy groups -OCH3 is 1. The number of halogens is 1. The summed E-state index contributed by atoms with van der Waals surface area (Å²) in [6.45, 7) is 0. The Labute approximate surface area is 83.6 Å². The Kier molecular flexibility index (Phi) is 2.98. The Morgan fingerprint density at radius 2 is 2.36 bits per heavy atom. The van der Waals surface area contributed by atoms with Crippen molar-refractivity contribution in [2.75, 3.05) is 7.11 Å². The summed E-state index contributed by atoms with van der Waals surface area (Å²) < 4.78 is 4.34. The lowest BCUT2D eigenvalue weighted by Crippen LogP contribution is -2.07. The van der Waals surface area contributed by atoms with Crippen LogP contribution in [0.2, 0.25) is 5.02 Å². The van der Waals surface area contributed by atoms with E-state index in [4.69, 9.17) is 11.6 Å². The number of pyridine rings is 1. The molecule has 6 nitrogen and oxygen atoms in total. The highest BCUT2D eigenvalue weighted by atomic mass is 35.5. The van der Waals surface area contributed by atoms with Gasteiger partial charge in [-0.25, -0.2) is 4.79 Å². The van der Waals surface area contributed by atoms with Gasteiger partial charge in [0.25, 0.3) is 0 Å². The molecule has 1 rings (SSSR count). The number of carbonyl (C=O) groups excluding carboxylic acids is 1. The molecule has 1 aromatic heterocycles. The first-order valence-corrected chi connectivity index (χ1v) is 3.82. The van der Waals surface area contributed by atoms with Gasteiger partial charge in [-0.1, -0.05) is 11.6 Å². The zero-order valence-corrected chi connectivity index (χ0v) is 7.82. The predicted molar refractivity (Wildman–Crippen MR) is 47.2 cm³/mol. The second-order valence-corrected chi connectivity index (χ2v) is 2.71. The number of esters is 1. The summed E-state index contributed by atoms with van der Waals surface area (Å²) in [5.41, 5.74) is -0.259. The molecule has 0 saturated carbocycles. The number of rotatable bonds is 2. The first kappa shape index (κ1) is 10.4. The summed E-state index contributed by atoms with van der Waals surface area (Å²) >= 11 is 5.53. The van der Waals surface area contributed by atoms with E-state index in [1.807, 2.05) is 0 Å². The van der Waals surface area contributed by atoms with Crippen LogP contribution in [0.5, 0.6) is 0 Å². The Bertz CT molecular complexity index is 393. The maximum atomic E-state index is 11.1. The predicted octanol–water partition coefficient (Wildman–Crippen LogP) is 1.43. The highest BCUT2D eigenvalue weighted by molar-refractivity contribution is 6.30. The van der Waals surface area contributed by atoms with Gasteiger partial charge < -0.3 is 14.9 Å². The van der Waals surface area contributed by atoms with E-state index in [2.05, 4.69) is 9.72 Å². The molecule has 0 saturated heterocycles. The highest BCUT2D eigenvalue weighted by Crippen LogP contribution is 2.19. The molecular weight excluding hydrogens is 212 g/mol. The van der Waals surface area contributed by atoms with Crippen molar-refractivity contribution < 1.29 is 14.5 Å². The Morgan fingerprint density at radius 1 is 1.71 bits per heavy atom. The maximum absolute atomic E-state index is 11.1. The number of aromatic nitrogens is 1. The Balaban J connectivity index is 3.29. The van der Waals surface area contributed by atoms with Crippen molar-refractivity contribution in [1.29, 1.82) is 0 Å². The van der Waals surface area contributed by atoms with Gasteiger partial charge in [-0.2, -0.15) is 0 Å². The molecule has 0 aliphatic carbocycles. The van der Waals surface area contributed by atoms with E-state index in [-0.39, 0.29) is 10.6 Å². The van der Waals surface area contributed by atoms with Gasteiger partial charge in [0, 0.05) is 0 Å². The third kappa shape index (κ3) is 1.97. The standard InChI is InChI=1S/C7H5ClN2O4/c1-14-7(11)5-2-4(8)3-9-6(5)10(12)13/h2-3H,1H3. The van der Waals surface area contributed by atoms with E-state index in [1.54, 1.807) is 0 Å². The summed E-state index contributed by atoms with van der Waals surface area (Å²) in [7, 11) is 1.12. The summed E-state index contributed by atoms with van der Waals surface area (Å²) in [5.74, 6) is -1.41. The molecule has 0 aliphatic heterocycles. The van der Waals surface area contributed by atoms with Crippen LogP contribution in [0.25, 0.3) is 0 Å². The molecule has 0 radical (unpaired) electrons. The summed E-state index contributed by atoms with van der Waals surface area (Å²) in [4.78, 5) is 24.2. The average molecular weight is 217 g/mol. The van der Waals surface area contributed by atoms with Gasteiger partial charge in [-0.05, 0) is 16.0 Å². The third-order valence-corrected chi connectivity index (χ3v) is 1.62. The van der Waals surface area contributed by atoms with Crippen LogP contribution in [-0.2, 0) is 4.74 Å². The van der Waals surface area contributed by atoms with Crippen LogP contribution < -0.4 is 0 Å². The zero-order chi connectivity index (χ0) is 10.7. The second-order valence-electron chi connectivity index (χ2n) is 2.27. The van der Waals surface area contributed by atoms with Gasteiger partial charge in [0.2, 0.25) is 0 Å². The molecule has 0 aliphatic rings. The lowest BCUT2D eigenvalue weighted by atomic mass is 10.2. The van der Waals surface area contributed by atoms with Crippen molar-refractivity contribution in [3.8, 4) is 0 Å². The Morgan fingerprint density at radius 3 is 2.86 bits per heavy atom. The number of hydrogen-bond donors (Lipinski definition) is 0. The van der Waals surface area contributed by atoms with Crippen LogP contribution in [0.1, 0.15) is 10.4 Å². The fourth-order valence-corrected chi connectivity index (χ4v) is 0.996. The van der Waals surface area contributed by atoms with Gasteiger partial charge in [-0.3, -0.25) is 0 Å². The minimum Gasteiger partial charge on any atom is -0.465 e. The van der Waals surface area contributed by atoms with Crippen molar-refractivity contribution in [3.63, 3.8) is 0 Å². The third-order valence-electron chi connectivity index (χ3n) is 1.41. The number of nitro groups is 1. The molecule has 0 atom stereocenters. The first-order chi connectivity index (χ1) is 6.56. The molecule has 7 heteroatoms. The quantitative estimate of drug-likeness (QED) is 0.424. The summed E-state index contributed by atoms with van der Waals surface area (Å²) in [6.07, 6.45) is 1.09. The minimum absolute atomic E-state index is 0.135. The smallest absolute Gasteiger partial charge is 0.378 e. The molecule has 74 valence electrons. The van der Waals surface area contributed by atoms with Crippen LogP contribution in [0, 0.1) is 10.1 Å². The molecular formula is C7H5ClN2O4. The molecule has 1 aromatic rings. The maximum Gasteiger partial charge on any atom is 0.378 e. The van der Waals surface area contributed by atoms with Gasteiger partial charge >= 0.3 is 11.8 Å². The van der Waals surface area contributed by atoms with Crippen LogP contribution in [0.4, 0.5) is 5.82 Å². The normalized spacial score (nSPS) is 9.57. The van der Waals surface area contributed by atoms with E-state index in [1.165, 1.54) is 0 Å². The Hall–Kier alpha value is -1.69. The first-order valence-electron chi connectivity index (χ1n) is 3.44. The van der Waals surface area contributed by atoms with Crippen LogP contribution in [0.3, 0.4) is 0 Å². The van der Waals surface area contributed by atoms with Crippen molar-refractivity contribution in [3.05, 3.63) is 33.0 Å². The molecule has 0 fully saturated rings. The van der Waals surface area contributed by atoms with E-state index in [9.17, 15) is 14.9 Å². The lowest BCUT2D eigenvalue weighted by molar-refractivity contribution is -0.389. The highest BCUT2D eigenvalue weighted by Gasteiger charge is 2.22. The summed E-state index contributed by atoms with van der Waals surface area (Å²) in [6, 6.07) is 1.14. The monoisotopic (exact) mass is 216 g/mol. The van der Waals surface area contributed by atoms with Crippen molar-refractivity contribution in [1.82, 2.24) is 4.98 Å². The molecule has 0 bridgehead atoms. The lowest BCUT2D eigenvalue weighted by Gasteiger charge is -1.99. The van der Waals surface area contributed by atoms with E-state index in [0.717, 1.165) is 19.4 Å². The molecule has 14 heavy (non-hydrogen) atoms. The van der Waals surface area contributed by atoms with Gasteiger partial charge in [0.1, 0.15) is 0 Å². The van der Waals surface area contributed by atoms with E-state index in [0.29, 0.717) is 0 Å². The number of nitrogens with zero attached hydrogens (tertiary/aromatic N) is 2. The summed E-state index contributed by atoms with van der Waals surface area (Å²) in [5, 5.41) is 10.6. The van der Waals surface area contributed by atoms with Crippen molar-refractivity contribution >= 4 is 23.4 Å². The van der Waals surface area contributed by atoms with Gasteiger partial charge in [0.05, 0.1) is 12.1 Å².